The van der Waals surface area contributed by atoms with Crippen molar-refractivity contribution in [1.29, 1.82) is 0 Å². The lowest BCUT2D eigenvalue weighted by Crippen LogP contribution is -2.20. The Labute approximate surface area is 115 Å². The van der Waals surface area contributed by atoms with Gasteiger partial charge in [-0.05, 0) is 38.3 Å². The van der Waals surface area contributed by atoms with Crippen LogP contribution >= 0.6 is 0 Å². The van der Waals surface area contributed by atoms with Gasteiger partial charge in [-0.1, -0.05) is 13.3 Å². The average Bonchev–Trinajstić information content (AvgIpc) is 2.41. The average molecular weight is 264 g/mol. The summed E-state index contributed by atoms with van der Waals surface area (Å²) in [6, 6.07) is 2.14. The maximum atomic E-state index is 5.99. The van der Waals surface area contributed by atoms with E-state index in [0.29, 0.717) is 6.61 Å². The minimum atomic E-state index is 0.267. The standard InChI is InChI=1S/C16H24O3/c1-5-6-7-18-16-12(3)15(17-4)9-13-8-11(2)19-10-14(13)16/h9,11H,5-8,10H2,1-4H3. The van der Waals surface area contributed by atoms with Gasteiger partial charge in [-0.3, -0.25) is 0 Å². The first-order valence-corrected chi connectivity index (χ1v) is 7.11. The second-order valence-corrected chi connectivity index (χ2v) is 5.20. The fourth-order valence-electron chi connectivity index (χ4n) is 2.50. The SMILES string of the molecule is CCCCOc1c(C)c(OC)cc2c1COC(C)C2. The first kappa shape index (κ1) is 14.2. The summed E-state index contributed by atoms with van der Waals surface area (Å²) in [5, 5.41) is 0. The zero-order chi connectivity index (χ0) is 13.8. The van der Waals surface area contributed by atoms with Crippen LogP contribution in [-0.2, 0) is 17.8 Å². The molecule has 19 heavy (non-hydrogen) atoms. The Morgan fingerprint density at radius 1 is 1.42 bits per heavy atom. The Hall–Kier alpha value is -1.22. The highest BCUT2D eigenvalue weighted by atomic mass is 16.5. The van der Waals surface area contributed by atoms with Gasteiger partial charge < -0.3 is 14.2 Å². The normalized spacial score (nSPS) is 18.0. The van der Waals surface area contributed by atoms with E-state index in [1.165, 1.54) is 11.1 Å². The highest BCUT2D eigenvalue weighted by molar-refractivity contribution is 5.54. The number of methoxy groups -OCH3 is 1. The lowest BCUT2D eigenvalue weighted by atomic mass is 9.95. The summed E-state index contributed by atoms with van der Waals surface area (Å²) in [6.07, 6.45) is 3.40. The zero-order valence-electron chi connectivity index (χ0n) is 12.4. The Morgan fingerprint density at radius 2 is 2.21 bits per heavy atom. The van der Waals surface area contributed by atoms with Crippen LogP contribution < -0.4 is 9.47 Å². The topological polar surface area (TPSA) is 27.7 Å². The minimum absolute atomic E-state index is 0.267. The van der Waals surface area contributed by atoms with Crippen molar-refractivity contribution in [2.75, 3.05) is 13.7 Å². The molecule has 0 N–H and O–H groups in total. The van der Waals surface area contributed by atoms with Gasteiger partial charge in [0.1, 0.15) is 11.5 Å². The summed E-state index contributed by atoms with van der Waals surface area (Å²) < 4.78 is 17.2. The van der Waals surface area contributed by atoms with Crippen molar-refractivity contribution in [1.82, 2.24) is 0 Å². The van der Waals surface area contributed by atoms with Crippen LogP contribution in [0.4, 0.5) is 0 Å². The molecule has 3 nitrogen and oxygen atoms in total. The number of unbranched alkanes of at least 4 members (excludes halogenated alkanes) is 1. The molecule has 0 spiro atoms. The van der Waals surface area contributed by atoms with E-state index in [1.54, 1.807) is 7.11 Å². The summed E-state index contributed by atoms with van der Waals surface area (Å²) in [4.78, 5) is 0. The van der Waals surface area contributed by atoms with E-state index < -0.39 is 0 Å². The molecule has 0 fully saturated rings. The lowest BCUT2D eigenvalue weighted by Gasteiger charge is -2.26. The van der Waals surface area contributed by atoms with Crippen LogP contribution in [0.25, 0.3) is 0 Å². The van der Waals surface area contributed by atoms with E-state index in [0.717, 1.165) is 42.9 Å². The Morgan fingerprint density at radius 3 is 2.89 bits per heavy atom. The van der Waals surface area contributed by atoms with Gasteiger partial charge in [0.05, 0.1) is 26.4 Å². The van der Waals surface area contributed by atoms with Crippen LogP contribution in [0.15, 0.2) is 6.07 Å². The fourth-order valence-corrected chi connectivity index (χ4v) is 2.50. The minimum Gasteiger partial charge on any atom is -0.496 e. The van der Waals surface area contributed by atoms with Crippen molar-refractivity contribution in [3.05, 3.63) is 22.8 Å². The van der Waals surface area contributed by atoms with Gasteiger partial charge in [0.25, 0.3) is 0 Å². The number of fused-ring (bicyclic) bond motifs is 1. The third kappa shape index (κ3) is 3.03. The number of hydrogen-bond donors (Lipinski definition) is 0. The maximum absolute atomic E-state index is 5.99. The van der Waals surface area contributed by atoms with Crippen molar-refractivity contribution in [2.24, 2.45) is 0 Å². The van der Waals surface area contributed by atoms with Crippen molar-refractivity contribution >= 4 is 0 Å². The molecule has 1 unspecified atom stereocenters. The predicted octanol–water partition coefficient (Wildman–Crippen LogP) is 3.64. The number of hydrogen-bond acceptors (Lipinski definition) is 3. The lowest BCUT2D eigenvalue weighted by molar-refractivity contribution is 0.0390. The van der Waals surface area contributed by atoms with E-state index in [9.17, 15) is 0 Å². The van der Waals surface area contributed by atoms with E-state index in [4.69, 9.17) is 14.2 Å². The second kappa shape index (κ2) is 6.29. The first-order chi connectivity index (χ1) is 9.17. The van der Waals surface area contributed by atoms with Gasteiger partial charge in [0.2, 0.25) is 0 Å². The van der Waals surface area contributed by atoms with Gasteiger partial charge in [0.15, 0.2) is 0 Å². The number of benzene rings is 1. The third-order valence-electron chi connectivity index (χ3n) is 3.66. The molecule has 0 aliphatic carbocycles. The van der Waals surface area contributed by atoms with E-state index >= 15 is 0 Å². The molecule has 1 aliphatic heterocycles. The molecular weight excluding hydrogens is 240 g/mol. The zero-order valence-corrected chi connectivity index (χ0v) is 12.4. The van der Waals surface area contributed by atoms with Crippen molar-refractivity contribution in [3.8, 4) is 11.5 Å². The summed E-state index contributed by atoms with van der Waals surface area (Å²) in [7, 11) is 1.72. The molecule has 1 aromatic carbocycles. The molecule has 0 amide bonds. The van der Waals surface area contributed by atoms with E-state index in [-0.39, 0.29) is 6.10 Å². The number of rotatable bonds is 5. The van der Waals surface area contributed by atoms with Crippen LogP contribution in [0.2, 0.25) is 0 Å². The summed E-state index contributed by atoms with van der Waals surface area (Å²) in [5.74, 6) is 1.88. The molecule has 1 aromatic rings. The van der Waals surface area contributed by atoms with Crippen molar-refractivity contribution in [2.45, 2.75) is 52.7 Å². The van der Waals surface area contributed by atoms with Gasteiger partial charge in [-0.15, -0.1) is 0 Å². The second-order valence-electron chi connectivity index (χ2n) is 5.20. The van der Waals surface area contributed by atoms with Crippen LogP contribution in [0.5, 0.6) is 11.5 Å². The molecule has 0 saturated carbocycles. The van der Waals surface area contributed by atoms with Gasteiger partial charge in [-0.25, -0.2) is 0 Å². The summed E-state index contributed by atoms with van der Waals surface area (Å²) >= 11 is 0. The molecule has 2 rings (SSSR count). The Kier molecular flexibility index (Phi) is 4.70. The van der Waals surface area contributed by atoms with Crippen LogP contribution in [0, 0.1) is 6.92 Å². The quantitative estimate of drug-likeness (QED) is 0.760. The molecule has 1 atom stereocenters. The largest absolute Gasteiger partial charge is 0.496 e. The molecule has 3 heteroatoms. The molecule has 0 bridgehead atoms. The molecule has 0 saturated heterocycles. The van der Waals surface area contributed by atoms with Crippen LogP contribution in [0.3, 0.4) is 0 Å². The highest BCUT2D eigenvalue weighted by Gasteiger charge is 2.23. The first-order valence-electron chi connectivity index (χ1n) is 7.11. The van der Waals surface area contributed by atoms with Gasteiger partial charge >= 0.3 is 0 Å². The predicted molar refractivity (Wildman–Crippen MR) is 76.1 cm³/mol. The maximum Gasteiger partial charge on any atom is 0.131 e. The highest BCUT2D eigenvalue weighted by Crippen LogP contribution is 2.38. The van der Waals surface area contributed by atoms with Gasteiger partial charge in [0, 0.05) is 11.1 Å². The molecule has 1 heterocycles. The van der Waals surface area contributed by atoms with Crippen molar-refractivity contribution in [3.63, 3.8) is 0 Å². The fraction of sp³-hybridized carbons (Fsp3) is 0.625. The Bertz CT molecular complexity index is 440. The van der Waals surface area contributed by atoms with Gasteiger partial charge in [-0.2, -0.15) is 0 Å². The monoisotopic (exact) mass is 264 g/mol. The van der Waals surface area contributed by atoms with Crippen molar-refractivity contribution < 1.29 is 14.2 Å². The smallest absolute Gasteiger partial charge is 0.131 e. The molecule has 106 valence electrons. The summed E-state index contributed by atoms with van der Waals surface area (Å²) in [5.41, 5.74) is 3.58. The summed E-state index contributed by atoms with van der Waals surface area (Å²) in [6.45, 7) is 7.72. The number of ether oxygens (including phenoxy) is 3. The van der Waals surface area contributed by atoms with Crippen LogP contribution in [-0.4, -0.2) is 19.8 Å². The molecular formula is C16H24O3. The molecule has 0 radical (unpaired) electrons. The molecule has 1 aliphatic rings. The van der Waals surface area contributed by atoms with Crippen LogP contribution in [0.1, 0.15) is 43.4 Å². The van der Waals surface area contributed by atoms with E-state index in [2.05, 4.69) is 26.8 Å². The molecule has 0 aromatic heterocycles. The third-order valence-corrected chi connectivity index (χ3v) is 3.66. The Balaban J connectivity index is 2.35. The van der Waals surface area contributed by atoms with E-state index in [1.807, 2.05) is 0 Å².